The standard InChI is InChI=1S/C18H19NO4/c1-3-13(2)12-14-4-6-15(7-5-14)18(20)23-17-10-8-16(9-11-17)19(21)22/h4-11,13H,3,12H2,1-2H3. The fraction of sp³-hybridized carbons (Fsp3) is 0.278. The van der Waals surface area contributed by atoms with E-state index in [1.54, 1.807) is 12.1 Å². The molecule has 0 heterocycles. The molecule has 2 aromatic rings. The Labute approximate surface area is 135 Å². The first-order valence-electron chi connectivity index (χ1n) is 7.55. The maximum Gasteiger partial charge on any atom is 0.343 e. The van der Waals surface area contributed by atoms with Gasteiger partial charge in [-0.05, 0) is 42.2 Å². The Bertz CT molecular complexity index is 677. The minimum atomic E-state index is -0.498. The van der Waals surface area contributed by atoms with Crippen molar-refractivity contribution in [1.82, 2.24) is 0 Å². The Hall–Kier alpha value is -2.69. The highest BCUT2D eigenvalue weighted by atomic mass is 16.6. The van der Waals surface area contributed by atoms with Crippen molar-refractivity contribution in [2.75, 3.05) is 0 Å². The van der Waals surface area contributed by atoms with Gasteiger partial charge in [-0.3, -0.25) is 10.1 Å². The van der Waals surface area contributed by atoms with Gasteiger partial charge in [0, 0.05) is 12.1 Å². The van der Waals surface area contributed by atoms with Crippen LogP contribution in [0, 0.1) is 16.0 Å². The fourth-order valence-corrected chi connectivity index (χ4v) is 2.13. The monoisotopic (exact) mass is 313 g/mol. The Balaban J connectivity index is 2.01. The van der Waals surface area contributed by atoms with Crippen molar-refractivity contribution in [2.45, 2.75) is 26.7 Å². The SMILES string of the molecule is CCC(C)Cc1ccc(C(=O)Oc2ccc([N+](=O)[O-])cc2)cc1. The van der Waals surface area contributed by atoms with E-state index in [0.717, 1.165) is 12.8 Å². The van der Waals surface area contributed by atoms with Crippen LogP contribution in [0.4, 0.5) is 5.69 Å². The Morgan fingerprint density at radius 2 is 1.74 bits per heavy atom. The lowest BCUT2D eigenvalue weighted by molar-refractivity contribution is -0.384. The van der Waals surface area contributed by atoms with Crippen LogP contribution in [0.25, 0.3) is 0 Å². The van der Waals surface area contributed by atoms with E-state index in [9.17, 15) is 14.9 Å². The molecule has 0 N–H and O–H groups in total. The zero-order valence-corrected chi connectivity index (χ0v) is 13.2. The summed E-state index contributed by atoms with van der Waals surface area (Å²) < 4.78 is 5.22. The quantitative estimate of drug-likeness (QED) is 0.343. The van der Waals surface area contributed by atoms with Gasteiger partial charge in [0.25, 0.3) is 5.69 Å². The molecule has 0 aliphatic rings. The molecule has 0 saturated carbocycles. The van der Waals surface area contributed by atoms with E-state index in [4.69, 9.17) is 4.74 Å². The van der Waals surface area contributed by atoms with E-state index in [2.05, 4.69) is 13.8 Å². The molecule has 0 spiro atoms. The van der Waals surface area contributed by atoms with Crippen LogP contribution in [-0.4, -0.2) is 10.9 Å². The van der Waals surface area contributed by atoms with Crippen LogP contribution in [0.2, 0.25) is 0 Å². The number of benzene rings is 2. The van der Waals surface area contributed by atoms with Gasteiger partial charge in [-0.2, -0.15) is 0 Å². The number of hydrogen-bond acceptors (Lipinski definition) is 4. The summed E-state index contributed by atoms with van der Waals surface area (Å²) in [5, 5.41) is 10.6. The zero-order chi connectivity index (χ0) is 16.8. The molecule has 1 atom stereocenters. The number of nitrogens with zero attached hydrogens (tertiary/aromatic N) is 1. The van der Waals surface area contributed by atoms with Crippen molar-refractivity contribution in [1.29, 1.82) is 0 Å². The second-order valence-corrected chi connectivity index (χ2v) is 5.55. The topological polar surface area (TPSA) is 69.4 Å². The van der Waals surface area contributed by atoms with E-state index < -0.39 is 10.9 Å². The molecular formula is C18H19NO4. The average molecular weight is 313 g/mol. The molecular weight excluding hydrogens is 294 g/mol. The third-order valence-corrected chi connectivity index (χ3v) is 3.73. The highest BCUT2D eigenvalue weighted by molar-refractivity contribution is 5.91. The molecule has 0 bridgehead atoms. The Morgan fingerprint density at radius 3 is 2.26 bits per heavy atom. The average Bonchev–Trinajstić information content (AvgIpc) is 2.55. The molecule has 1 unspecified atom stereocenters. The lowest BCUT2D eigenvalue weighted by Gasteiger charge is -2.09. The first-order chi connectivity index (χ1) is 11.0. The molecule has 0 amide bonds. The number of carbonyl (C=O) groups excluding carboxylic acids is 1. The summed E-state index contributed by atoms with van der Waals surface area (Å²) in [4.78, 5) is 22.2. The van der Waals surface area contributed by atoms with Crippen LogP contribution in [0.5, 0.6) is 5.75 Å². The van der Waals surface area contributed by atoms with E-state index in [1.165, 1.54) is 29.8 Å². The molecule has 0 radical (unpaired) electrons. The van der Waals surface area contributed by atoms with Gasteiger partial charge >= 0.3 is 5.97 Å². The molecule has 0 saturated heterocycles. The minimum absolute atomic E-state index is 0.0424. The number of non-ortho nitro benzene ring substituents is 1. The fourth-order valence-electron chi connectivity index (χ4n) is 2.13. The van der Waals surface area contributed by atoms with Gasteiger partial charge in [0.2, 0.25) is 0 Å². The van der Waals surface area contributed by atoms with Crippen molar-refractivity contribution < 1.29 is 14.5 Å². The summed E-state index contributed by atoms with van der Waals surface area (Å²) in [6, 6.07) is 12.8. The van der Waals surface area contributed by atoms with Crippen LogP contribution in [0.3, 0.4) is 0 Å². The lowest BCUT2D eigenvalue weighted by atomic mass is 9.98. The summed E-state index contributed by atoms with van der Waals surface area (Å²) in [7, 11) is 0. The summed E-state index contributed by atoms with van der Waals surface area (Å²) in [5.74, 6) is 0.408. The zero-order valence-electron chi connectivity index (χ0n) is 13.2. The Kier molecular flexibility index (Phi) is 5.46. The third-order valence-electron chi connectivity index (χ3n) is 3.73. The molecule has 0 fully saturated rings. The predicted octanol–water partition coefficient (Wildman–Crippen LogP) is 4.40. The first kappa shape index (κ1) is 16.7. The van der Waals surface area contributed by atoms with Crippen molar-refractivity contribution in [3.63, 3.8) is 0 Å². The van der Waals surface area contributed by atoms with E-state index >= 15 is 0 Å². The largest absolute Gasteiger partial charge is 0.423 e. The van der Waals surface area contributed by atoms with E-state index in [-0.39, 0.29) is 11.4 Å². The van der Waals surface area contributed by atoms with Gasteiger partial charge in [-0.1, -0.05) is 32.4 Å². The second kappa shape index (κ2) is 7.54. The van der Waals surface area contributed by atoms with Crippen LogP contribution < -0.4 is 4.74 Å². The normalized spacial score (nSPS) is 11.7. The highest BCUT2D eigenvalue weighted by Gasteiger charge is 2.11. The maximum atomic E-state index is 12.1. The smallest absolute Gasteiger partial charge is 0.343 e. The van der Waals surface area contributed by atoms with Gasteiger partial charge in [-0.25, -0.2) is 4.79 Å². The van der Waals surface area contributed by atoms with Gasteiger partial charge in [-0.15, -0.1) is 0 Å². The Morgan fingerprint density at radius 1 is 1.13 bits per heavy atom. The number of nitro groups is 1. The minimum Gasteiger partial charge on any atom is -0.423 e. The number of ether oxygens (including phenoxy) is 1. The highest BCUT2D eigenvalue weighted by Crippen LogP contribution is 2.19. The summed E-state index contributed by atoms with van der Waals surface area (Å²) in [6.45, 7) is 4.34. The third kappa shape index (κ3) is 4.64. The van der Waals surface area contributed by atoms with Gasteiger partial charge < -0.3 is 4.74 Å². The number of hydrogen-bond donors (Lipinski definition) is 0. The number of esters is 1. The number of carbonyl (C=O) groups is 1. The first-order valence-corrected chi connectivity index (χ1v) is 7.55. The maximum absolute atomic E-state index is 12.1. The van der Waals surface area contributed by atoms with Crippen LogP contribution >= 0.6 is 0 Å². The molecule has 5 heteroatoms. The van der Waals surface area contributed by atoms with Crippen molar-refractivity contribution in [2.24, 2.45) is 5.92 Å². The molecule has 2 rings (SSSR count). The van der Waals surface area contributed by atoms with Gasteiger partial charge in [0.15, 0.2) is 0 Å². The van der Waals surface area contributed by atoms with Gasteiger partial charge in [0.1, 0.15) is 5.75 Å². The predicted molar refractivity (Wildman–Crippen MR) is 87.7 cm³/mol. The molecule has 5 nitrogen and oxygen atoms in total. The van der Waals surface area contributed by atoms with Crippen LogP contribution in [-0.2, 0) is 6.42 Å². The molecule has 23 heavy (non-hydrogen) atoms. The van der Waals surface area contributed by atoms with Crippen molar-refractivity contribution in [3.05, 3.63) is 69.8 Å². The van der Waals surface area contributed by atoms with E-state index in [0.29, 0.717) is 11.5 Å². The molecule has 120 valence electrons. The van der Waals surface area contributed by atoms with Crippen LogP contribution in [0.1, 0.15) is 36.2 Å². The van der Waals surface area contributed by atoms with Crippen LogP contribution in [0.15, 0.2) is 48.5 Å². The second-order valence-electron chi connectivity index (χ2n) is 5.55. The van der Waals surface area contributed by atoms with Crippen molar-refractivity contribution >= 4 is 11.7 Å². The molecule has 2 aromatic carbocycles. The lowest BCUT2D eigenvalue weighted by Crippen LogP contribution is -2.08. The molecule has 0 aromatic heterocycles. The molecule has 0 aliphatic heterocycles. The number of nitro benzene ring substituents is 1. The van der Waals surface area contributed by atoms with Crippen molar-refractivity contribution in [3.8, 4) is 5.75 Å². The summed E-state index contributed by atoms with van der Waals surface area (Å²) in [6.07, 6.45) is 2.10. The molecule has 0 aliphatic carbocycles. The summed E-state index contributed by atoms with van der Waals surface area (Å²) >= 11 is 0. The number of rotatable bonds is 6. The summed E-state index contributed by atoms with van der Waals surface area (Å²) in [5.41, 5.74) is 1.60. The van der Waals surface area contributed by atoms with E-state index in [1.807, 2.05) is 12.1 Å². The van der Waals surface area contributed by atoms with Gasteiger partial charge in [0.05, 0.1) is 10.5 Å².